The third-order valence-electron chi connectivity index (χ3n) is 6.16. The van der Waals surface area contributed by atoms with Crippen LogP contribution in [-0.4, -0.2) is 63.0 Å². The van der Waals surface area contributed by atoms with E-state index in [4.69, 9.17) is 0 Å². The van der Waals surface area contributed by atoms with Crippen LogP contribution in [0.4, 0.5) is 5.69 Å². The highest BCUT2D eigenvalue weighted by Crippen LogP contribution is 2.39. The number of pyridine rings is 2. The summed E-state index contributed by atoms with van der Waals surface area (Å²) < 4.78 is 0. The molecular formula is C22H25N7O2. The molecule has 4 heterocycles. The van der Waals surface area contributed by atoms with Crippen molar-refractivity contribution in [2.75, 3.05) is 25.0 Å². The van der Waals surface area contributed by atoms with Gasteiger partial charge in [0.25, 0.3) is 11.5 Å². The van der Waals surface area contributed by atoms with E-state index in [1.54, 1.807) is 19.3 Å². The Bertz CT molecular complexity index is 1190. The summed E-state index contributed by atoms with van der Waals surface area (Å²) in [6, 6.07) is 6.69. The molecule has 1 aliphatic heterocycles. The minimum atomic E-state index is -0.174. The molecule has 2 atom stereocenters. The molecule has 1 amide bonds. The molecular weight excluding hydrogens is 394 g/mol. The van der Waals surface area contributed by atoms with Gasteiger partial charge in [-0.05, 0) is 36.6 Å². The van der Waals surface area contributed by atoms with E-state index in [1.807, 2.05) is 25.3 Å². The molecule has 2 aliphatic rings. The van der Waals surface area contributed by atoms with Gasteiger partial charge in [0.1, 0.15) is 11.4 Å². The van der Waals surface area contributed by atoms with E-state index >= 15 is 0 Å². The molecule has 1 saturated carbocycles. The van der Waals surface area contributed by atoms with Crippen molar-refractivity contribution in [2.24, 2.45) is 0 Å². The topological polar surface area (TPSA) is 107 Å². The number of nitrogens with zero attached hydrogens (tertiary/aromatic N) is 5. The van der Waals surface area contributed by atoms with Crippen LogP contribution in [0.3, 0.4) is 0 Å². The van der Waals surface area contributed by atoms with Crippen LogP contribution in [0, 0.1) is 0 Å². The first kappa shape index (κ1) is 19.6. The summed E-state index contributed by atoms with van der Waals surface area (Å²) >= 11 is 0. The van der Waals surface area contributed by atoms with Crippen molar-refractivity contribution in [3.05, 3.63) is 57.9 Å². The van der Waals surface area contributed by atoms with Crippen molar-refractivity contribution in [1.82, 2.24) is 30.2 Å². The minimum Gasteiger partial charge on any atom is -0.364 e. The molecule has 2 fully saturated rings. The Labute approximate surface area is 179 Å². The normalized spacial score (nSPS) is 20.5. The fourth-order valence-corrected chi connectivity index (χ4v) is 4.41. The van der Waals surface area contributed by atoms with E-state index in [1.165, 1.54) is 0 Å². The molecule has 0 bridgehead atoms. The van der Waals surface area contributed by atoms with Crippen molar-refractivity contribution in [2.45, 2.75) is 38.4 Å². The molecule has 3 aromatic rings. The second-order valence-corrected chi connectivity index (χ2v) is 8.10. The van der Waals surface area contributed by atoms with Gasteiger partial charge in [0, 0.05) is 45.0 Å². The summed E-state index contributed by atoms with van der Waals surface area (Å²) in [6.07, 6.45) is 5.34. The number of rotatable bonds is 5. The largest absolute Gasteiger partial charge is 0.364 e. The van der Waals surface area contributed by atoms with Crippen molar-refractivity contribution in [3.63, 3.8) is 0 Å². The Balaban J connectivity index is 1.27. The van der Waals surface area contributed by atoms with Gasteiger partial charge >= 0.3 is 0 Å². The van der Waals surface area contributed by atoms with Crippen molar-refractivity contribution >= 4 is 22.8 Å². The van der Waals surface area contributed by atoms with Crippen LogP contribution in [0.15, 0.2) is 35.4 Å². The van der Waals surface area contributed by atoms with Crippen LogP contribution in [0.5, 0.6) is 0 Å². The van der Waals surface area contributed by atoms with Crippen LogP contribution in [0.2, 0.25) is 0 Å². The lowest BCUT2D eigenvalue weighted by Gasteiger charge is -2.35. The maximum Gasteiger partial charge on any atom is 0.270 e. The highest BCUT2D eigenvalue weighted by molar-refractivity contribution is 5.92. The lowest BCUT2D eigenvalue weighted by molar-refractivity contribution is 0.0958. The molecule has 160 valence electrons. The highest BCUT2D eigenvalue weighted by atomic mass is 16.1. The van der Waals surface area contributed by atoms with Crippen LogP contribution < -0.4 is 15.8 Å². The van der Waals surface area contributed by atoms with Crippen LogP contribution in [0.1, 0.15) is 35.1 Å². The van der Waals surface area contributed by atoms with E-state index in [9.17, 15) is 9.59 Å². The van der Waals surface area contributed by atoms with Gasteiger partial charge in [-0.3, -0.25) is 14.5 Å². The SMILES string of the molecule is CCc1nc2ncc(CN3CCN(c4ccc(C(=O)NC)nc4)C4CC43)cc2[nH]c1=O. The predicted molar refractivity (Wildman–Crippen MR) is 117 cm³/mol. The number of aromatic nitrogens is 4. The van der Waals surface area contributed by atoms with Gasteiger partial charge in [-0.2, -0.15) is 0 Å². The van der Waals surface area contributed by atoms with Crippen molar-refractivity contribution < 1.29 is 4.79 Å². The van der Waals surface area contributed by atoms with E-state index < -0.39 is 0 Å². The molecule has 9 heteroatoms. The number of anilines is 1. The third-order valence-corrected chi connectivity index (χ3v) is 6.16. The molecule has 0 radical (unpaired) electrons. The second kappa shape index (κ2) is 7.73. The zero-order valence-electron chi connectivity index (χ0n) is 17.6. The molecule has 0 spiro atoms. The number of hydrogen-bond acceptors (Lipinski definition) is 7. The van der Waals surface area contributed by atoms with Gasteiger partial charge in [0.15, 0.2) is 5.65 Å². The van der Waals surface area contributed by atoms with Gasteiger partial charge in [0.2, 0.25) is 0 Å². The lowest BCUT2D eigenvalue weighted by atomic mass is 10.2. The quantitative estimate of drug-likeness (QED) is 0.638. The van der Waals surface area contributed by atoms with Gasteiger partial charge in [-0.25, -0.2) is 15.0 Å². The van der Waals surface area contributed by atoms with Crippen LogP contribution >= 0.6 is 0 Å². The van der Waals surface area contributed by atoms with Gasteiger partial charge in [-0.15, -0.1) is 0 Å². The Hall–Kier alpha value is -3.33. The third kappa shape index (κ3) is 3.65. The number of H-pyrrole nitrogens is 1. The molecule has 5 rings (SSSR count). The van der Waals surface area contributed by atoms with Crippen molar-refractivity contribution in [1.29, 1.82) is 0 Å². The van der Waals surface area contributed by atoms with Gasteiger partial charge < -0.3 is 15.2 Å². The standard InChI is InChI=1S/C22H25N7O2/c1-3-15-22(31)27-17-8-13(10-25-20(17)26-15)12-28-6-7-29(19-9-18(19)28)14-4-5-16(24-11-14)21(30)23-2/h4-5,8,10-11,18-19H,3,6-7,9,12H2,1-2H3,(H,23,30)(H,27,31). The number of carbonyl (C=O) groups excluding carboxylic acids is 1. The summed E-state index contributed by atoms with van der Waals surface area (Å²) in [4.78, 5) is 44.7. The first-order chi connectivity index (χ1) is 15.1. The van der Waals surface area contributed by atoms with Crippen molar-refractivity contribution in [3.8, 4) is 0 Å². The first-order valence-electron chi connectivity index (χ1n) is 10.6. The maximum absolute atomic E-state index is 12.1. The summed E-state index contributed by atoms with van der Waals surface area (Å²) in [6.45, 7) is 4.54. The summed E-state index contributed by atoms with van der Waals surface area (Å²) in [5.74, 6) is -0.174. The van der Waals surface area contributed by atoms with Crippen LogP contribution in [-0.2, 0) is 13.0 Å². The molecule has 3 aromatic heterocycles. The highest BCUT2D eigenvalue weighted by Gasteiger charge is 2.48. The Kier molecular flexibility index (Phi) is 4.90. The smallest absolute Gasteiger partial charge is 0.270 e. The lowest BCUT2D eigenvalue weighted by Crippen LogP contribution is -2.46. The number of amides is 1. The Morgan fingerprint density at radius 1 is 1.23 bits per heavy atom. The van der Waals surface area contributed by atoms with E-state index in [0.717, 1.165) is 37.3 Å². The average molecular weight is 419 g/mol. The summed E-state index contributed by atoms with van der Waals surface area (Å²) in [5, 5.41) is 2.60. The molecule has 9 nitrogen and oxygen atoms in total. The fraction of sp³-hybridized carbons (Fsp3) is 0.409. The number of fused-ring (bicyclic) bond motifs is 2. The maximum atomic E-state index is 12.1. The minimum absolute atomic E-state index is 0.138. The van der Waals surface area contributed by atoms with Crippen LogP contribution in [0.25, 0.3) is 11.2 Å². The Morgan fingerprint density at radius 2 is 2.10 bits per heavy atom. The van der Waals surface area contributed by atoms with E-state index in [-0.39, 0.29) is 11.5 Å². The monoisotopic (exact) mass is 419 g/mol. The summed E-state index contributed by atoms with van der Waals surface area (Å²) in [5.41, 5.74) is 4.21. The average Bonchev–Trinajstić information content (AvgIpc) is 3.60. The summed E-state index contributed by atoms with van der Waals surface area (Å²) in [7, 11) is 1.60. The van der Waals surface area contributed by atoms with Gasteiger partial charge in [-0.1, -0.05) is 6.92 Å². The second-order valence-electron chi connectivity index (χ2n) is 8.10. The first-order valence-corrected chi connectivity index (χ1v) is 10.6. The zero-order valence-corrected chi connectivity index (χ0v) is 17.6. The number of piperazine rings is 1. The number of aryl methyl sites for hydroxylation is 1. The zero-order chi connectivity index (χ0) is 21.5. The molecule has 1 saturated heterocycles. The van der Waals surface area contributed by atoms with E-state index in [2.05, 4.69) is 35.1 Å². The molecule has 2 N–H and O–H groups in total. The molecule has 1 aliphatic carbocycles. The molecule has 31 heavy (non-hydrogen) atoms. The molecule has 0 aromatic carbocycles. The fourth-order valence-electron chi connectivity index (χ4n) is 4.41. The number of carbonyl (C=O) groups is 1. The predicted octanol–water partition coefficient (Wildman–Crippen LogP) is 1.10. The Morgan fingerprint density at radius 3 is 2.84 bits per heavy atom. The van der Waals surface area contributed by atoms with E-state index in [0.29, 0.717) is 41.1 Å². The number of nitrogens with one attached hydrogen (secondary N) is 2. The van der Waals surface area contributed by atoms with Gasteiger partial charge in [0.05, 0.1) is 17.4 Å². The number of aromatic amines is 1. The molecule has 2 unspecified atom stereocenters. The number of hydrogen-bond donors (Lipinski definition) is 2.